The highest BCUT2D eigenvalue weighted by molar-refractivity contribution is 5.92. The predicted octanol–water partition coefficient (Wildman–Crippen LogP) is 2.78. The number of aryl methyl sites for hydroxylation is 1. The zero-order chi connectivity index (χ0) is 16.8. The summed E-state index contributed by atoms with van der Waals surface area (Å²) in [5.74, 6) is -0.407. The summed E-state index contributed by atoms with van der Waals surface area (Å²) in [6.07, 6.45) is 3.25. The van der Waals surface area contributed by atoms with Gasteiger partial charge in [-0.2, -0.15) is 10.4 Å². The largest absolute Gasteiger partial charge is 0.351 e. The summed E-state index contributed by atoms with van der Waals surface area (Å²) >= 11 is 0. The molecule has 1 unspecified atom stereocenters. The van der Waals surface area contributed by atoms with E-state index in [1.807, 2.05) is 48.9 Å². The van der Waals surface area contributed by atoms with E-state index < -0.39 is 0 Å². The first-order chi connectivity index (χ1) is 11.0. The quantitative estimate of drug-likeness (QED) is 0.863. The zero-order valence-electron chi connectivity index (χ0n) is 13.6. The van der Waals surface area contributed by atoms with Crippen LogP contribution in [0.15, 0.2) is 36.4 Å². The van der Waals surface area contributed by atoms with Crippen LogP contribution < -0.4 is 5.32 Å². The summed E-state index contributed by atoms with van der Waals surface area (Å²) in [6.45, 7) is 6.01. The number of carbonyl (C=O) groups excluding carboxylic acids is 1. The fraction of sp³-hybridized carbons (Fsp3) is 0.278. The molecule has 2 aromatic rings. The van der Waals surface area contributed by atoms with Gasteiger partial charge in [0, 0.05) is 23.9 Å². The summed E-state index contributed by atoms with van der Waals surface area (Å²) in [4.78, 5) is 11.8. The average molecular weight is 308 g/mol. The number of hydrogen-bond acceptors (Lipinski definition) is 3. The molecule has 1 atom stereocenters. The van der Waals surface area contributed by atoms with E-state index in [-0.39, 0.29) is 11.8 Å². The third-order valence-electron chi connectivity index (χ3n) is 3.55. The minimum atomic E-state index is -0.210. The van der Waals surface area contributed by atoms with Crippen molar-refractivity contribution in [2.75, 3.05) is 6.54 Å². The van der Waals surface area contributed by atoms with Crippen LogP contribution in [-0.2, 0) is 4.79 Å². The average Bonchev–Trinajstić information content (AvgIpc) is 2.85. The van der Waals surface area contributed by atoms with E-state index in [9.17, 15) is 4.79 Å². The molecule has 0 saturated carbocycles. The molecule has 0 aliphatic carbocycles. The van der Waals surface area contributed by atoms with Crippen LogP contribution in [0.5, 0.6) is 0 Å². The van der Waals surface area contributed by atoms with Crippen molar-refractivity contribution >= 4 is 12.0 Å². The lowest BCUT2D eigenvalue weighted by molar-refractivity contribution is -0.116. The molecular formula is C18H20N4O. The Bertz CT molecular complexity index is 753. The molecule has 5 heteroatoms. The van der Waals surface area contributed by atoms with Crippen LogP contribution in [-0.4, -0.2) is 22.2 Å². The van der Waals surface area contributed by atoms with Gasteiger partial charge in [-0.25, -0.2) is 4.68 Å². The summed E-state index contributed by atoms with van der Waals surface area (Å²) in [7, 11) is 0. The number of hydrogen-bond donors (Lipinski definition) is 1. The minimum absolute atomic E-state index is 0.198. The first-order valence-electron chi connectivity index (χ1n) is 7.50. The van der Waals surface area contributed by atoms with Gasteiger partial charge in [0.15, 0.2) is 0 Å². The maximum Gasteiger partial charge on any atom is 0.244 e. The number of aromatic nitrogens is 2. The van der Waals surface area contributed by atoms with Crippen molar-refractivity contribution < 1.29 is 4.79 Å². The number of rotatable bonds is 5. The zero-order valence-corrected chi connectivity index (χ0v) is 13.6. The van der Waals surface area contributed by atoms with Gasteiger partial charge in [0.1, 0.15) is 0 Å². The molecule has 118 valence electrons. The van der Waals surface area contributed by atoms with E-state index in [0.29, 0.717) is 6.54 Å². The Hall–Kier alpha value is -2.87. The smallest absolute Gasteiger partial charge is 0.244 e. The highest BCUT2D eigenvalue weighted by atomic mass is 16.1. The molecule has 1 amide bonds. The Morgan fingerprint density at radius 2 is 2.09 bits per heavy atom. The second-order valence-electron chi connectivity index (χ2n) is 5.44. The lowest BCUT2D eigenvalue weighted by Crippen LogP contribution is -2.25. The van der Waals surface area contributed by atoms with E-state index >= 15 is 0 Å². The van der Waals surface area contributed by atoms with Crippen LogP contribution in [0.3, 0.4) is 0 Å². The highest BCUT2D eigenvalue weighted by Gasteiger charge is 2.10. The molecular weight excluding hydrogens is 288 g/mol. The topological polar surface area (TPSA) is 70.7 Å². The van der Waals surface area contributed by atoms with E-state index in [0.717, 1.165) is 22.6 Å². The summed E-state index contributed by atoms with van der Waals surface area (Å²) in [6, 6.07) is 11.9. The molecule has 1 aromatic heterocycles. The molecule has 0 saturated heterocycles. The SMILES string of the molecule is Cc1nn(-c2ccccc2)c(C)c1/C=C/C(=O)NCC(C)C#N. The van der Waals surface area contributed by atoms with Gasteiger partial charge in [0.25, 0.3) is 0 Å². The molecule has 1 heterocycles. The van der Waals surface area contributed by atoms with Crippen molar-refractivity contribution in [1.82, 2.24) is 15.1 Å². The Balaban J connectivity index is 2.15. The lowest BCUT2D eigenvalue weighted by Gasteiger charge is -2.04. The number of benzene rings is 1. The van der Waals surface area contributed by atoms with Crippen molar-refractivity contribution in [1.29, 1.82) is 5.26 Å². The molecule has 0 bridgehead atoms. The molecule has 0 aliphatic rings. The van der Waals surface area contributed by atoms with Gasteiger partial charge in [-0.1, -0.05) is 18.2 Å². The maximum absolute atomic E-state index is 11.8. The van der Waals surface area contributed by atoms with Crippen molar-refractivity contribution in [2.45, 2.75) is 20.8 Å². The molecule has 2 rings (SSSR count). The third kappa shape index (κ3) is 4.07. The van der Waals surface area contributed by atoms with Crippen LogP contribution in [0.25, 0.3) is 11.8 Å². The monoisotopic (exact) mass is 308 g/mol. The summed E-state index contributed by atoms with van der Waals surface area (Å²) in [5.41, 5.74) is 3.75. The van der Waals surface area contributed by atoms with E-state index in [1.165, 1.54) is 6.08 Å². The van der Waals surface area contributed by atoms with Crippen LogP contribution in [0.2, 0.25) is 0 Å². The molecule has 1 aromatic carbocycles. The summed E-state index contributed by atoms with van der Waals surface area (Å²) < 4.78 is 1.87. The first-order valence-corrected chi connectivity index (χ1v) is 7.50. The van der Waals surface area contributed by atoms with E-state index in [1.54, 1.807) is 13.0 Å². The Morgan fingerprint density at radius 1 is 1.39 bits per heavy atom. The number of nitrogens with zero attached hydrogens (tertiary/aromatic N) is 3. The maximum atomic E-state index is 11.8. The Kier molecular flexibility index (Phi) is 5.32. The molecule has 5 nitrogen and oxygen atoms in total. The fourth-order valence-electron chi connectivity index (χ4n) is 2.23. The Morgan fingerprint density at radius 3 is 2.74 bits per heavy atom. The molecule has 0 radical (unpaired) electrons. The van der Waals surface area contributed by atoms with Crippen LogP contribution in [0, 0.1) is 31.1 Å². The third-order valence-corrected chi connectivity index (χ3v) is 3.55. The Labute approximate surface area is 136 Å². The molecule has 23 heavy (non-hydrogen) atoms. The van der Waals surface area contributed by atoms with Gasteiger partial charge >= 0.3 is 0 Å². The number of nitrogens with one attached hydrogen (secondary N) is 1. The second-order valence-corrected chi connectivity index (χ2v) is 5.44. The van der Waals surface area contributed by atoms with Crippen molar-refractivity contribution in [3.05, 3.63) is 53.4 Å². The molecule has 0 aliphatic heterocycles. The highest BCUT2D eigenvalue weighted by Crippen LogP contribution is 2.18. The van der Waals surface area contributed by atoms with Gasteiger partial charge < -0.3 is 5.32 Å². The number of para-hydroxylation sites is 1. The van der Waals surface area contributed by atoms with Crippen LogP contribution in [0.4, 0.5) is 0 Å². The first kappa shape index (κ1) is 16.5. The van der Waals surface area contributed by atoms with E-state index in [4.69, 9.17) is 5.26 Å². The van der Waals surface area contributed by atoms with Crippen molar-refractivity contribution in [3.8, 4) is 11.8 Å². The van der Waals surface area contributed by atoms with Gasteiger partial charge in [-0.3, -0.25) is 4.79 Å². The van der Waals surface area contributed by atoms with Crippen LogP contribution in [0.1, 0.15) is 23.9 Å². The van der Waals surface area contributed by atoms with Gasteiger partial charge in [-0.15, -0.1) is 0 Å². The fourth-order valence-corrected chi connectivity index (χ4v) is 2.23. The lowest BCUT2D eigenvalue weighted by atomic mass is 10.1. The molecule has 0 fully saturated rings. The summed E-state index contributed by atoms with van der Waals surface area (Å²) in [5, 5.41) is 16.0. The van der Waals surface area contributed by atoms with Gasteiger partial charge in [0.2, 0.25) is 5.91 Å². The minimum Gasteiger partial charge on any atom is -0.351 e. The van der Waals surface area contributed by atoms with Crippen molar-refractivity contribution in [3.63, 3.8) is 0 Å². The molecule has 1 N–H and O–H groups in total. The number of nitriles is 1. The number of carbonyl (C=O) groups is 1. The van der Waals surface area contributed by atoms with E-state index in [2.05, 4.69) is 16.5 Å². The number of amides is 1. The van der Waals surface area contributed by atoms with Crippen LogP contribution >= 0.6 is 0 Å². The van der Waals surface area contributed by atoms with Gasteiger partial charge in [0.05, 0.1) is 23.4 Å². The predicted molar refractivity (Wildman–Crippen MR) is 89.9 cm³/mol. The standard InChI is InChI=1S/C18H20N4O/c1-13(11-19)12-20-18(23)10-9-17-14(2)21-22(15(17)3)16-7-5-4-6-8-16/h4-10,13H,12H2,1-3H3,(H,20,23)/b10-9+. The van der Waals surface area contributed by atoms with Crippen molar-refractivity contribution in [2.24, 2.45) is 5.92 Å². The normalized spacial score (nSPS) is 12.1. The molecule has 0 spiro atoms. The second kappa shape index (κ2) is 7.41. The van der Waals surface area contributed by atoms with Gasteiger partial charge in [-0.05, 0) is 39.0 Å².